The molecule has 0 saturated carbocycles. The minimum atomic E-state index is -0.990. The van der Waals surface area contributed by atoms with E-state index >= 15 is 0 Å². The number of furan rings is 1. The molecule has 3 rings (SSSR count). The number of morpholine rings is 1. The van der Waals surface area contributed by atoms with Crippen LogP contribution < -0.4 is 0 Å². The highest BCUT2D eigenvalue weighted by Gasteiger charge is 2.32. The van der Waals surface area contributed by atoms with E-state index in [1.54, 1.807) is 30.9 Å². The molecule has 0 aliphatic carbocycles. The van der Waals surface area contributed by atoms with Crippen LogP contribution in [0.15, 0.2) is 34.7 Å². The summed E-state index contributed by atoms with van der Waals surface area (Å²) in [6.07, 6.45) is -0.990. The fraction of sp³-hybridized carbons (Fsp3) is 0.400. The number of amides is 1. The van der Waals surface area contributed by atoms with Crippen LogP contribution in [-0.4, -0.2) is 43.1 Å². The van der Waals surface area contributed by atoms with Gasteiger partial charge < -0.3 is 18.8 Å². The van der Waals surface area contributed by atoms with Gasteiger partial charge in [0, 0.05) is 24.2 Å². The molecule has 1 aromatic heterocycles. The molecule has 1 fully saturated rings. The third kappa shape index (κ3) is 3.65. The number of carbonyl (C=O) groups is 2. The second kappa shape index (κ2) is 7.74. The molecule has 6 nitrogen and oxygen atoms in total. The summed E-state index contributed by atoms with van der Waals surface area (Å²) in [6, 6.07) is 9.07. The Morgan fingerprint density at radius 3 is 2.27 bits per heavy atom. The molecule has 1 unspecified atom stereocenters. The molecule has 1 aromatic carbocycles. The van der Waals surface area contributed by atoms with Gasteiger partial charge in [0.15, 0.2) is 0 Å². The highest BCUT2D eigenvalue weighted by molar-refractivity contribution is 5.95. The van der Waals surface area contributed by atoms with Crippen molar-refractivity contribution in [2.75, 3.05) is 26.3 Å². The first kappa shape index (κ1) is 18.2. The van der Waals surface area contributed by atoms with Gasteiger partial charge >= 0.3 is 5.97 Å². The smallest absolute Gasteiger partial charge is 0.343 e. The summed E-state index contributed by atoms with van der Waals surface area (Å²) in [6.45, 7) is 7.28. The molecule has 0 N–H and O–H groups in total. The maximum absolute atomic E-state index is 13.0. The summed E-state index contributed by atoms with van der Waals surface area (Å²) in [5.41, 5.74) is 1.77. The Balaban J connectivity index is 1.88. The van der Waals surface area contributed by atoms with Crippen molar-refractivity contribution in [3.8, 4) is 0 Å². The number of aryl methyl sites for hydroxylation is 2. The number of ether oxygens (including phenoxy) is 2. The molecule has 2 aromatic rings. The fourth-order valence-corrected chi connectivity index (χ4v) is 3.10. The molecule has 1 atom stereocenters. The van der Waals surface area contributed by atoms with E-state index in [1.165, 1.54) is 0 Å². The molecule has 0 bridgehead atoms. The molecule has 138 valence electrons. The van der Waals surface area contributed by atoms with Crippen molar-refractivity contribution in [1.29, 1.82) is 0 Å². The highest BCUT2D eigenvalue weighted by Crippen LogP contribution is 2.26. The van der Waals surface area contributed by atoms with E-state index in [0.717, 1.165) is 5.56 Å². The van der Waals surface area contributed by atoms with Crippen molar-refractivity contribution in [1.82, 2.24) is 4.90 Å². The van der Waals surface area contributed by atoms with Crippen molar-refractivity contribution >= 4 is 11.9 Å². The zero-order chi connectivity index (χ0) is 18.7. The van der Waals surface area contributed by atoms with Crippen LogP contribution in [0.5, 0.6) is 0 Å². The van der Waals surface area contributed by atoms with Crippen molar-refractivity contribution in [2.45, 2.75) is 26.9 Å². The SMILES string of the molecule is Cc1oc(C)c(C(=O)OC(C(=O)N2CCOCC2)c2ccccc2)c1C. The summed E-state index contributed by atoms with van der Waals surface area (Å²) >= 11 is 0. The normalized spacial score (nSPS) is 15.6. The van der Waals surface area contributed by atoms with Crippen LogP contribution >= 0.6 is 0 Å². The third-order valence-corrected chi connectivity index (χ3v) is 4.64. The van der Waals surface area contributed by atoms with E-state index in [2.05, 4.69) is 0 Å². The molecule has 0 spiro atoms. The first-order chi connectivity index (χ1) is 12.5. The maximum Gasteiger partial charge on any atom is 0.343 e. The Bertz CT molecular complexity index is 790. The van der Waals surface area contributed by atoms with Gasteiger partial charge in [0.1, 0.15) is 17.1 Å². The standard InChI is InChI=1S/C20H23NO5/c1-13-14(2)25-15(3)17(13)20(23)26-18(16-7-5-4-6-8-16)19(22)21-9-11-24-12-10-21/h4-8,18H,9-12H2,1-3H3. The lowest BCUT2D eigenvalue weighted by molar-refractivity contribution is -0.145. The van der Waals surface area contributed by atoms with Crippen molar-refractivity contribution in [3.05, 3.63) is 58.5 Å². The maximum atomic E-state index is 13.0. The molecule has 0 radical (unpaired) electrons. The number of carbonyl (C=O) groups excluding carboxylic acids is 2. The summed E-state index contributed by atoms with van der Waals surface area (Å²) < 4.78 is 16.5. The lowest BCUT2D eigenvalue weighted by Crippen LogP contribution is -2.44. The predicted molar refractivity (Wildman–Crippen MR) is 94.9 cm³/mol. The summed E-state index contributed by atoms with van der Waals surface area (Å²) in [5.74, 6) is 0.386. The molecular formula is C20H23NO5. The molecule has 1 saturated heterocycles. The molecule has 2 heterocycles. The third-order valence-electron chi connectivity index (χ3n) is 4.64. The van der Waals surface area contributed by atoms with E-state index in [4.69, 9.17) is 13.9 Å². The van der Waals surface area contributed by atoms with Gasteiger partial charge in [-0.15, -0.1) is 0 Å². The van der Waals surface area contributed by atoms with Gasteiger partial charge in [0.05, 0.1) is 13.2 Å². The Hall–Kier alpha value is -2.60. The Kier molecular flexibility index (Phi) is 5.42. The van der Waals surface area contributed by atoms with E-state index < -0.39 is 12.1 Å². The van der Waals surface area contributed by atoms with Crippen LogP contribution in [0.25, 0.3) is 0 Å². The second-order valence-electron chi connectivity index (χ2n) is 6.35. The van der Waals surface area contributed by atoms with E-state index in [9.17, 15) is 9.59 Å². The van der Waals surface area contributed by atoms with Crippen molar-refractivity contribution in [3.63, 3.8) is 0 Å². The lowest BCUT2D eigenvalue weighted by atomic mass is 10.1. The van der Waals surface area contributed by atoms with Gasteiger partial charge in [-0.05, 0) is 20.8 Å². The van der Waals surface area contributed by atoms with Gasteiger partial charge in [-0.25, -0.2) is 4.79 Å². The predicted octanol–water partition coefficient (Wildman–Crippen LogP) is 2.96. The number of hydrogen-bond acceptors (Lipinski definition) is 5. The topological polar surface area (TPSA) is 69.0 Å². The van der Waals surface area contributed by atoms with E-state index in [1.807, 2.05) is 25.1 Å². The monoisotopic (exact) mass is 357 g/mol. The number of rotatable bonds is 4. The van der Waals surface area contributed by atoms with Crippen molar-refractivity contribution < 1.29 is 23.5 Å². The van der Waals surface area contributed by atoms with Crippen LogP contribution in [0.4, 0.5) is 0 Å². The first-order valence-corrected chi connectivity index (χ1v) is 8.68. The van der Waals surface area contributed by atoms with Gasteiger partial charge in [-0.1, -0.05) is 30.3 Å². The van der Waals surface area contributed by atoms with Gasteiger partial charge in [-0.2, -0.15) is 0 Å². The zero-order valence-electron chi connectivity index (χ0n) is 15.3. The number of benzene rings is 1. The molecular weight excluding hydrogens is 334 g/mol. The van der Waals surface area contributed by atoms with Crippen LogP contribution in [0, 0.1) is 20.8 Å². The van der Waals surface area contributed by atoms with Crippen LogP contribution in [0.2, 0.25) is 0 Å². The Labute approximate surface area is 152 Å². The number of nitrogens with zero attached hydrogens (tertiary/aromatic N) is 1. The van der Waals surface area contributed by atoms with Gasteiger partial charge in [0.2, 0.25) is 6.10 Å². The van der Waals surface area contributed by atoms with Gasteiger partial charge in [-0.3, -0.25) is 4.79 Å². The minimum Gasteiger partial charge on any atom is -0.465 e. The van der Waals surface area contributed by atoms with E-state index in [0.29, 0.717) is 49.0 Å². The van der Waals surface area contributed by atoms with Gasteiger partial charge in [0.25, 0.3) is 5.91 Å². The molecule has 1 amide bonds. The number of esters is 1. The van der Waals surface area contributed by atoms with Crippen LogP contribution in [0.3, 0.4) is 0 Å². The lowest BCUT2D eigenvalue weighted by Gasteiger charge is -2.30. The highest BCUT2D eigenvalue weighted by atomic mass is 16.5. The average Bonchev–Trinajstić information content (AvgIpc) is 2.92. The molecule has 1 aliphatic rings. The van der Waals surface area contributed by atoms with Crippen molar-refractivity contribution in [2.24, 2.45) is 0 Å². The molecule has 1 aliphatic heterocycles. The first-order valence-electron chi connectivity index (χ1n) is 8.68. The average molecular weight is 357 g/mol. The Morgan fingerprint density at radius 1 is 1.04 bits per heavy atom. The zero-order valence-corrected chi connectivity index (χ0v) is 15.3. The second-order valence-corrected chi connectivity index (χ2v) is 6.35. The molecule has 6 heteroatoms. The summed E-state index contributed by atoms with van der Waals surface area (Å²) in [5, 5.41) is 0. The van der Waals surface area contributed by atoms with Crippen LogP contribution in [-0.2, 0) is 14.3 Å². The quantitative estimate of drug-likeness (QED) is 0.787. The number of hydrogen-bond donors (Lipinski definition) is 0. The van der Waals surface area contributed by atoms with E-state index in [-0.39, 0.29) is 5.91 Å². The largest absolute Gasteiger partial charge is 0.465 e. The summed E-state index contributed by atoms with van der Waals surface area (Å²) in [4.78, 5) is 27.5. The Morgan fingerprint density at radius 2 is 1.69 bits per heavy atom. The van der Waals surface area contributed by atoms with Crippen LogP contribution in [0.1, 0.15) is 39.1 Å². The molecule has 26 heavy (non-hydrogen) atoms. The minimum absolute atomic E-state index is 0.233. The summed E-state index contributed by atoms with van der Waals surface area (Å²) in [7, 11) is 0. The fourth-order valence-electron chi connectivity index (χ4n) is 3.10.